The molecule has 0 bridgehead atoms. The topological polar surface area (TPSA) is 82.9 Å². The zero-order valence-corrected chi connectivity index (χ0v) is 17.2. The maximum atomic E-state index is 13.4. The highest BCUT2D eigenvalue weighted by Gasteiger charge is 2.39. The highest BCUT2D eigenvalue weighted by molar-refractivity contribution is 6.32. The molecular weight excluding hydrogens is 397 g/mol. The number of carbonyl (C=O) groups is 1. The van der Waals surface area contributed by atoms with Crippen molar-refractivity contribution < 1.29 is 13.9 Å². The minimum atomic E-state index is -0.625. The van der Waals surface area contributed by atoms with Gasteiger partial charge < -0.3 is 9.72 Å². The summed E-state index contributed by atoms with van der Waals surface area (Å²) in [6, 6.07) is 13.1. The number of hydrazone groups is 1. The molecule has 0 saturated heterocycles. The van der Waals surface area contributed by atoms with Crippen LogP contribution in [0.4, 0.5) is 10.1 Å². The first kappa shape index (κ1) is 20.5. The number of amides is 1. The molecule has 4 rings (SSSR count). The van der Waals surface area contributed by atoms with Crippen molar-refractivity contribution in [3.63, 3.8) is 0 Å². The summed E-state index contributed by atoms with van der Waals surface area (Å²) < 4.78 is 18.6. The number of carbonyl (C=O) groups excluding carboxylic acids is 1. The Bertz CT molecular complexity index is 1110. The van der Waals surface area contributed by atoms with E-state index in [4.69, 9.17) is 4.74 Å². The van der Waals surface area contributed by atoms with Crippen LogP contribution in [0, 0.1) is 11.7 Å². The molecule has 1 aliphatic rings. The highest BCUT2D eigenvalue weighted by atomic mass is 19.1. The molecule has 0 fully saturated rings. The molecule has 0 saturated carbocycles. The number of H-pyrrole nitrogens is 1. The maximum absolute atomic E-state index is 13.4. The number of hydrogen-bond acceptors (Lipinski definition) is 5. The zero-order valence-electron chi connectivity index (χ0n) is 17.2. The van der Waals surface area contributed by atoms with Crippen molar-refractivity contribution >= 4 is 23.0 Å². The first-order valence-electron chi connectivity index (χ1n) is 9.87. The van der Waals surface area contributed by atoms with Crippen LogP contribution in [0.1, 0.15) is 18.2 Å². The number of benzene rings is 2. The average Bonchev–Trinajstić information content (AvgIpc) is 3.42. The van der Waals surface area contributed by atoms with Gasteiger partial charge >= 0.3 is 0 Å². The minimum absolute atomic E-state index is 0.222. The first-order chi connectivity index (χ1) is 15.1. The third kappa shape index (κ3) is 4.37. The number of nitrogens with zero attached hydrogens (tertiary/aromatic N) is 4. The van der Waals surface area contributed by atoms with Crippen molar-refractivity contribution in [2.75, 3.05) is 18.7 Å². The molecule has 1 N–H and O–H groups in total. The summed E-state index contributed by atoms with van der Waals surface area (Å²) in [5.74, 6) is -0.506. The second-order valence-electron chi connectivity index (χ2n) is 7.12. The SMILES string of the molecule is COc1ccc(C2=NN(c3ccc(F)cc3)C(=O)C2C(C)=NCCc2cnc[nH]2)cc1. The predicted molar refractivity (Wildman–Crippen MR) is 117 cm³/mol. The van der Waals surface area contributed by atoms with Gasteiger partial charge in [-0.1, -0.05) is 0 Å². The van der Waals surface area contributed by atoms with Crippen molar-refractivity contribution in [2.45, 2.75) is 13.3 Å². The number of aromatic nitrogens is 2. The normalized spacial score (nSPS) is 16.5. The van der Waals surface area contributed by atoms with Gasteiger partial charge in [0.25, 0.3) is 5.91 Å². The van der Waals surface area contributed by atoms with E-state index in [1.807, 2.05) is 31.2 Å². The molecule has 1 atom stereocenters. The smallest absolute Gasteiger partial charge is 0.262 e. The van der Waals surface area contributed by atoms with Crippen LogP contribution in [-0.2, 0) is 11.2 Å². The van der Waals surface area contributed by atoms with Crippen molar-refractivity contribution in [2.24, 2.45) is 16.0 Å². The van der Waals surface area contributed by atoms with Crippen LogP contribution in [-0.4, -0.2) is 41.0 Å². The van der Waals surface area contributed by atoms with Gasteiger partial charge in [-0.15, -0.1) is 0 Å². The van der Waals surface area contributed by atoms with E-state index >= 15 is 0 Å². The van der Waals surface area contributed by atoms with Gasteiger partial charge in [-0.05, 0) is 61.0 Å². The van der Waals surface area contributed by atoms with E-state index < -0.39 is 5.92 Å². The Labute approximate surface area is 179 Å². The zero-order chi connectivity index (χ0) is 21.8. The Kier molecular flexibility index (Phi) is 5.88. The second kappa shape index (κ2) is 8.91. The second-order valence-corrected chi connectivity index (χ2v) is 7.12. The number of aliphatic imine (C=N–C) groups is 1. The van der Waals surface area contributed by atoms with Crippen molar-refractivity contribution in [1.82, 2.24) is 9.97 Å². The van der Waals surface area contributed by atoms with Crippen LogP contribution in [0.2, 0.25) is 0 Å². The molecule has 1 unspecified atom stereocenters. The van der Waals surface area contributed by atoms with E-state index in [9.17, 15) is 9.18 Å². The maximum Gasteiger partial charge on any atom is 0.262 e. The Balaban J connectivity index is 1.65. The van der Waals surface area contributed by atoms with E-state index in [-0.39, 0.29) is 11.7 Å². The van der Waals surface area contributed by atoms with Gasteiger partial charge in [-0.3, -0.25) is 9.79 Å². The standard InChI is InChI=1S/C23H22FN5O2/c1-15(26-12-11-18-13-25-14-27-18)21-22(16-3-9-20(31-2)10-4-16)28-29(23(21)30)19-7-5-17(24)6-8-19/h3-10,13-14,21H,11-12H2,1-2H3,(H,25,27). The van der Waals surface area contributed by atoms with E-state index in [0.717, 1.165) is 11.3 Å². The van der Waals surface area contributed by atoms with E-state index in [2.05, 4.69) is 20.1 Å². The van der Waals surface area contributed by atoms with Crippen molar-refractivity contribution in [3.05, 3.63) is 78.1 Å². The summed E-state index contributed by atoms with van der Waals surface area (Å²) in [5.41, 5.74) is 3.55. The molecule has 0 radical (unpaired) electrons. The summed E-state index contributed by atoms with van der Waals surface area (Å²) in [7, 11) is 1.60. The molecule has 3 aromatic rings. The predicted octanol–water partition coefficient (Wildman–Crippen LogP) is 3.63. The van der Waals surface area contributed by atoms with Crippen molar-refractivity contribution in [3.8, 4) is 5.75 Å². The highest BCUT2D eigenvalue weighted by Crippen LogP contribution is 2.28. The molecule has 1 aliphatic heterocycles. The van der Waals surface area contributed by atoms with Gasteiger partial charge in [0.2, 0.25) is 0 Å². The Morgan fingerprint density at radius 3 is 2.58 bits per heavy atom. The van der Waals surface area contributed by atoms with E-state index in [0.29, 0.717) is 35.8 Å². The molecule has 0 aliphatic carbocycles. The Morgan fingerprint density at radius 2 is 1.94 bits per heavy atom. The lowest BCUT2D eigenvalue weighted by Crippen LogP contribution is -2.32. The fourth-order valence-electron chi connectivity index (χ4n) is 3.45. The average molecular weight is 419 g/mol. The van der Waals surface area contributed by atoms with Crippen LogP contribution < -0.4 is 9.75 Å². The lowest BCUT2D eigenvalue weighted by atomic mass is 9.92. The molecular formula is C23H22FN5O2. The number of ether oxygens (including phenoxy) is 1. The van der Waals surface area contributed by atoms with Gasteiger partial charge in [-0.25, -0.2) is 9.37 Å². The van der Waals surface area contributed by atoms with Crippen LogP contribution >= 0.6 is 0 Å². The first-order valence-corrected chi connectivity index (χ1v) is 9.87. The Hall–Kier alpha value is -3.81. The largest absolute Gasteiger partial charge is 0.497 e. The summed E-state index contributed by atoms with van der Waals surface area (Å²) >= 11 is 0. The third-order valence-electron chi connectivity index (χ3n) is 5.11. The van der Waals surface area contributed by atoms with E-state index in [1.54, 1.807) is 19.6 Å². The van der Waals surface area contributed by atoms with Crippen LogP contribution in [0.3, 0.4) is 0 Å². The molecule has 7 nitrogen and oxygen atoms in total. The number of aromatic amines is 1. The fraction of sp³-hybridized carbons (Fsp3) is 0.217. The summed E-state index contributed by atoms with van der Waals surface area (Å²) in [4.78, 5) is 25.0. The van der Waals surface area contributed by atoms with Gasteiger partial charge in [0.05, 0.1) is 24.8 Å². The minimum Gasteiger partial charge on any atom is -0.497 e. The third-order valence-corrected chi connectivity index (χ3v) is 5.11. The molecule has 2 heterocycles. The number of halogens is 1. The summed E-state index contributed by atoms with van der Waals surface area (Å²) in [6.07, 6.45) is 4.07. The number of anilines is 1. The van der Waals surface area contributed by atoms with E-state index in [1.165, 1.54) is 29.3 Å². The summed E-state index contributed by atoms with van der Waals surface area (Å²) in [5, 5.41) is 5.91. The lowest BCUT2D eigenvalue weighted by Gasteiger charge is -2.15. The molecule has 8 heteroatoms. The van der Waals surface area contributed by atoms with Crippen LogP contribution in [0.5, 0.6) is 5.75 Å². The molecule has 0 spiro atoms. The van der Waals surface area contributed by atoms with Gasteiger partial charge in [-0.2, -0.15) is 10.1 Å². The molecule has 1 aromatic heterocycles. The summed E-state index contributed by atoms with van der Waals surface area (Å²) in [6.45, 7) is 2.35. The fourth-order valence-corrected chi connectivity index (χ4v) is 3.45. The quantitative estimate of drug-likeness (QED) is 0.594. The van der Waals surface area contributed by atoms with Gasteiger partial charge in [0, 0.05) is 30.6 Å². The molecule has 158 valence electrons. The van der Waals surface area contributed by atoms with Crippen molar-refractivity contribution in [1.29, 1.82) is 0 Å². The lowest BCUT2D eigenvalue weighted by molar-refractivity contribution is -0.118. The number of imidazole rings is 1. The number of hydrogen-bond donors (Lipinski definition) is 1. The van der Waals surface area contributed by atoms with Crippen LogP contribution in [0.15, 0.2) is 71.1 Å². The molecule has 2 aromatic carbocycles. The Morgan fingerprint density at radius 1 is 1.19 bits per heavy atom. The number of rotatable bonds is 7. The van der Waals surface area contributed by atoms with Crippen LogP contribution in [0.25, 0.3) is 0 Å². The van der Waals surface area contributed by atoms with Gasteiger partial charge in [0.15, 0.2) is 0 Å². The number of methoxy groups -OCH3 is 1. The monoisotopic (exact) mass is 419 g/mol. The number of nitrogens with one attached hydrogen (secondary N) is 1. The molecule has 1 amide bonds. The molecule has 31 heavy (non-hydrogen) atoms. The van der Waals surface area contributed by atoms with Gasteiger partial charge in [0.1, 0.15) is 17.5 Å².